The summed E-state index contributed by atoms with van der Waals surface area (Å²) in [6.45, 7) is 0.191. The van der Waals surface area contributed by atoms with E-state index in [9.17, 15) is 10.1 Å². The first-order chi connectivity index (χ1) is 9.07. The van der Waals surface area contributed by atoms with Gasteiger partial charge in [-0.25, -0.2) is 0 Å². The molecule has 0 aliphatic heterocycles. The van der Waals surface area contributed by atoms with Crippen molar-refractivity contribution in [3.8, 4) is 0 Å². The zero-order valence-corrected chi connectivity index (χ0v) is 10.0. The highest BCUT2D eigenvalue weighted by atomic mass is 16.6. The van der Waals surface area contributed by atoms with Crippen LogP contribution in [0.1, 0.15) is 31.0 Å². The summed E-state index contributed by atoms with van der Waals surface area (Å²) < 4.78 is 6.46. The van der Waals surface area contributed by atoms with Gasteiger partial charge >= 0.3 is 5.82 Å². The summed E-state index contributed by atoms with van der Waals surface area (Å²) in [7, 11) is 0. The van der Waals surface area contributed by atoms with Crippen LogP contribution in [0.3, 0.4) is 0 Å². The van der Waals surface area contributed by atoms with Crippen molar-refractivity contribution < 1.29 is 9.45 Å². The van der Waals surface area contributed by atoms with Gasteiger partial charge in [-0.3, -0.25) is 0 Å². The van der Waals surface area contributed by atoms with Crippen molar-refractivity contribution in [1.82, 2.24) is 19.9 Å². The lowest BCUT2D eigenvalue weighted by Gasteiger charge is -2.34. The molecule has 2 heterocycles. The molecule has 0 radical (unpaired) electrons. The quantitative estimate of drug-likeness (QED) is 0.631. The maximum atomic E-state index is 10.5. The van der Waals surface area contributed by atoms with Crippen molar-refractivity contribution in [3.63, 3.8) is 0 Å². The van der Waals surface area contributed by atoms with Crippen LogP contribution in [-0.2, 0) is 12.1 Å². The fourth-order valence-corrected chi connectivity index (χ4v) is 1.98. The number of hydrogen-bond acceptors (Lipinski definition) is 7. The van der Waals surface area contributed by atoms with E-state index < -0.39 is 10.5 Å². The van der Waals surface area contributed by atoms with E-state index in [1.165, 1.54) is 16.9 Å². The van der Waals surface area contributed by atoms with Crippen molar-refractivity contribution in [2.75, 3.05) is 0 Å². The molecule has 2 N–H and O–H groups in total. The molecule has 0 saturated heterocycles. The maximum absolute atomic E-state index is 10.5. The molecule has 9 heteroatoms. The van der Waals surface area contributed by atoms with Crippen LogP contribution in [0, 0.1) is 10.1 Å². The molecule has 0 aromatic carbocycles. The molecule has 100 valence electrons. The smallest absolute Gasteiger partial charge is 0.358 e. The number of hydrogen-bond donors (Lipinski definition) is 1. The second kappa shape index (κ2) is 4.12. The molecule has 0 amide bonds. The lowest BCUT2D eigenvalue weighted by molar-refractivity contribution is -0.389. The van der Waals surface area contributed by atoms with Crippen molar-refractivity contribution in [2.45, 2.75) is 31.3 Å². The first kappa shape index (κ1) is 11.8. The summed E-state index contributed by atoms with van der Waals surface area (Å²) in [6.07, 6.45) is 4.24. The van der Waals surface area contributed by atoms with E-state index in [1.807, 2.05) is 0 Å². The third-order valence-electron chi connectivity index (χ3n) is 3.27. The predicted molar refractivity (Wildman–Crippen MR) is 62.0 cm³/mol. The zero-order valence-electron chi connectivity index (χ0n) is 10.0. The van der Waals surface area contributed by atoms with Gasteiger partial charge in [0, 0.05) is 0 Å². The van der Waals surface area contributed by atoms with Gasteiger partial charge in [-0.05, 0) is 24.2 Å². The molecule has 0 bridgehead atoms. The number of aromatic nitrogens is 4. The normalized spacial score (nSPS) is 17.1. The van der Waals surface area contributed by atoms with Gasteiger partial charge in [-0.15, -0.1) is 0 Å². The molecule has 0 unspecified atom stereocenters. The van der Waals surface area contributed by atoms with E-state index in [1.54, 1.807) is 0 Å². The largest absolute Gasteiger partial charge is 0.389 e. The van der Waals surface area contributed by atoms with Crippen LogP contribution in [0.2, 0.25) is 0 Å². The van der Waals surface area contributed by atoms with Crippen LogP contribution in [0.4, 0.5) is 5.82 Å². The molecule has 2 aromatic heterocycles. The molecular formula is C10H12N6O3. The lowest BCUT2D eigenvalue weighted by Crippen LogP contribution is -2.44. The fourth-order valence-electron chi connectivity index (χ4n) is 1.98. The Balaban J connectivity index is 1.74. The Kier molecular flexibility index (Phi) is 2.56. The fraction of sp³-hybridized carbons (Fsp3) is 0.500. The standard InChI is InChI=1S/C10H12N6O3/c11-10(3-1-4-10)9-12-8(19-14-9)6-15-5-2-7(13-15)16(17)18/h2,5H,1,3-4,6,11H2. The van der Waals surface area contributed by atoms with Gasteiger partial charge in [0.2, 0.25) is 0 Å². The summed E-state index contributed by atoms with van der Waals surface area (Å²) in [5.74, 6) is 0.620. The minimum Gasteiger partial charge on any atom is -0.358 e. The molecule has 0 spiro atoms. The van der Waals surface area contributed by atoms with Gasteiger partial charge in [0.25, 0.3) is 5.89 Å². The highest BCUT2D eigenvalue weighted by Gasteiger charge is 2.39. The lowest BCUT2D eigenvalue weighted by atomic mass is 9.77. The van der Waals surface area contributed by atoms with Crippen LogP contribution in [-0.4, -0.2) is 24.8 Å². The Hall–Kier alpha value is -2.29. The van der Waals surface area contributed by atoms with Crippen molar-refractivity contribution in [3.05, 3.63) is 34.1 Å². The SMILES string of the molecule is NC1(c2noc(Cn3ccc([N+](=O)[O-])n3)n2)CCC1. The molecule has 3 rings (SSSR count). The topological polar surface area (TPSA) is 126 Å². The molecule has 1 fully saturated rings. The Labute approximate surface area is 107 Å². The molecule has 19 heavy (non-hydrogen) atoms. The highest BCUT2D eigenvalue weighted by Crippen LogP contribution is 2.36. The minimum atomic E-state index is -0.557. The zero-order chi connectivity index (χ0) is 13.5. The van der Waals surface area contributed by atoms with Gasteiger partial charge in [0.05, 0.1) is 22.9 Å². The van der Waals surface area contributed by atoms with Crippen molar-refractivity contribution in [2.24, 2.45) is 5.73 Å². The number of nitro groups is 1. The van der Waals surface area contributed by atoms with Crippen molar-refractivity contribution >= 4 is 5.82 Å². The van der Waals surface area contributed by atoms with Crippen LogP contribution < -0.4 is 5.73 Å². The van der Waals surface area contributed by atoms with E-state index in [0.717, 1.165) is 19.3 Å². The average molecular weight is 264 g/mol. The Morgan fingerprint density at radius 3 is 2.95 bits per heavy atom. The van der Waals surface area contributed by atoms with Gasteiger partial charge in [0.1, 0.15) is 6.54 Å². The second-order valence-electron chi connectivity index (χ2n) is 4.65. The van der Waals surface area contributed by atoms with E-state index in [0.29, 0.717) is 11.7 Å². The van der Waals surface area contributed by atoms with Crippen LogP contribution in [0.15, 0.2) is 16.8 Å². The van der Waals surface area contributed by atoms with Gasteiger partial charge in [-0.2, -0.15) is 9.67 Å². The molecule has 1 saturated carbocycles. The Morgan fingerprint density at radius 2 is 2.37 bits per heavy atom. The van der Waals surface area contributed by atoms with Gasteiger partial charge < -0.3 is 20.4 Å². The number of nitrogens with zero attached hydrogens (tertiary/aromatic N) is 5. The highest BCUT2D eigenvalue weighted by molar-refractivity contribution is 5.14. The third kappa shape index (κ3) is 2.08. The van der Waals surface area contributed by atoms with Crippen LogP contribution in [0.25, 0.3) is 0 Å². The Bertz CT molecular complexity index is 614. The second-order valence-corrected chi connectivity index (χ2v) is 4.65. The first-order valence-corrected chi connectivity index (χ1v) is 5.87. The maximum Gasteiger partial charge on any atom is 0.389 e. The number of nitrogens with two attached hydrogens (primary N) is 1. The third-order valence-corrected chi connectivity index (χ3v) is 3.27. The van der Waals surface area contributed by atoms with E-state index in [-0.39, 0.29) is 12.4 Å². The summed E-state index contributed by atoms with van der Waals surface area (Å²) in [5, 5.41) is 18.1. The van der Waals surface area contributed by atoms with E-state index in [2.05, 4.69) is 15.2 Å². The van der Waals surface area contributed by atoms with Gasteiger partial charge in [0.15, 0.2) is 5.82 Å². The van der Waals surface area contributed by atoms with Crippen molar-refractivity contribution in [1.29, 1.82) is 0 Å². The van der Waals surface area contributed by atoms with Crippen LogP contribution in [0.5, 0.6) is 0 Å². The minimum absolute atomic E-state index is 0.191. The summed E-state index contributed by atoms with van der Waals surface area (Å²) in [5.41, 5.74) is 5.60. The van der Waals surface area contributed by atoms with E-state index >= 15 is 0 Å². The van der Waals surface area contributed by atoms with Gasteiger partial charge in [-0.1, -0.05) is 5.16 Å². The molecule has 2 aromatic rings. The number of rotatable bonds is 4. The summed E-state index contributed by atoms with van der Waals surface area (Å²) in [4.78, 5) is 14.2. The van der Waals surface area contributed by atoms with Crippen LogP contribution >= 0.6 is 0 Å². The molecule has 1 aliphatic rings. The average Bonchev–Trinajstić information content (AvgIpc) is 2.96. The summed E-state index contributed by atoms with van der Waals surface area (Å²) >= 11 is 0. The molecule has 9 nitrogen and oxygen atoms in total. The Morgan fingerprint density at radius 1 is 1.58 bits per heavy atom. The first-order valence-electron chi connectivity index (χ1n) is 5.87. The van der Waals surface area contributed by atoms with E-state index in [4.69, 9.17) is 10.3 Å². The predicted octanol–water partition coefficient (Wildman–Crippen LogP) is 0.560. The summed E-state index contributed by atoms with van der Waals surface area (Å²) in [6, 6.07) is 1.31. The molecule has 1 aliphatic carbocycles. The molecular weight excluding hydrogens is 252 g/mol. The molecule has 0 atom stereocenters. The monoisotopic (exact) mass is 264 g/mol.